The SMILES string of the molecule is CCOc1ccc(C(NN)N(C)C)cc1C. The Labute approximate surface area is 97.4 Å². The van der Waals surface area contributed by atoms with Crippen molar-refractivity contribution in [1.82, 2.24) is 10.3 Å². The molecule has 0 saturated carbocycles. The van der Waals surface area contributed by atoms with Crippen LogP contribution in [0.4, 0.5) is 0 Å². The standard InChI is InChI=1S/C12H21N3O/c1-5-16-11-7-6-10(8-9(11)2)12(14-13)15(3)4/h6-8,12,14H,5,13H2,1-4H3. The van der Waals surface area contributed by atoms with Gasteiger partial charge in [0, 0.05) is 0 Å². The predicted molar refractivity (Wildman–Crippen MR) is 66.1 cm³/mol. The van der Waals surface area contributed by atoms with Crippen molar-refractivity contribution in [1.29, 1.82) is 0 Å². The molecule has 0 aliphatic rings. The van der Waals surface area contributed by atoms with E-state index in [2.05, 4.69) is 11.5 Å². The number of aryl methyl sites for hydroxylation is 1. The number of hydrogen-bond acceptors (Lipinski definition) is 4. The molecule has 0 spiro atoms. The second kappa shape index (κ2) is 5.84. The van der Waals surface area contributed by atoms with E-state index in [1.54, 1.807) is 0 Å². The summed E-state index contributed by atoms with van der Waals surface area (Å²) in [6.45, 7) is 4.71. The Bertz CT molecular complexity index is 339. The van der Waals surface area contributed by atoms with E-state index in [-0.39, 0.29) is 6.17 Å². The number of ether oxygens (including phenoxy) is 1. The predicted octanol–water partition coefficient (Wildman–Crippen LogP) is 1.42. The normalized spacial score (nSPS) is 12.9. The molecule has 1 rings (SSSR count). The summed E-state index contributed by atoms with van der Waals surface area (Å²) < 4.78 is 5.50. The van der Waals surface area contributed by atoms with Gasteiger partial charge in [-0.1, -0.05) is 6.07 Å². The molecule has 1 atom stereocenters. The van der Waals surface area contributed by atoms with Crippen molar-refractivity contribution >= 4 is 0 Å². The molecule has 0 aliphatic carbocycles. The Morgan fingerprint density at radius 2 is 2.12 bits per heavy atom. The van der Waals surface area contributed by atoms with Crippen molar-refractivity contribution in [2.24, 2.45) is 5.84 Å². The maximum Gasteiger partial charge on any atom is 0.122 e. The average molecular weight is 223 g/mol. The van der Waals surface area contributed by atoms with Gasteiger partial charge in [0.2, 0.25) is 0 Å². The summed E-state index contributed by atoms with van der Waals surface area (Å²) in [5.74, 6) is 6.46. The van der Waals surface area contributed by atoms with Crippen molar-refractivity contribution < 1.29 is 4.74 Å². The van der Waals surface area contributed by atoms with Gasteiger partial charge in [0.05, 0.1) is 12.8 Å². The summed E-state index contributed by atoms with van der Waals surface area (Å²) in [5, 5.41) is 0. The van der Waals surface area contributed by atoms with Crippen molar-refractivity contribution in [2.75, 3.05) is 20.7 Å². The first-order valence-corrected chi connectivity index (χ1v) is 5.46. The van der Waals surface area contributed by atoms with Gasteiger partial charge < -0.3 is 4.74 Å². The van der Waals surface area contributed by atoms with Crippen LogP contribution in [0.1, 0.15) is 24.2 Å². The molecule has 1 unspecified atom stereocenters. The monoisotopic (exact) mass is 223 g/mol. The molecule has 0 saturated heterocycles. The lowest BCUT2D eigenvalue weighted by Gasteiger charge is -2.24. The minimum absolute atomic E-state index is 0.0226. The molecule has 0 aromatic heterocycles. The van der Waals surface area contributed by atoms with Crippen LogP contribution in [0.2, 0.25) is 0 Å². The third-order valence-corrected chi connectivity index (χ3v) is 2.49. The van der Waals surface area contributed by atoms with E-state index in [1.165, 1.54) is 0 Å². The van der Waals surface area contributed by atoms with Gasteiger partial charge in [-0.05, 0) is 51.2 Å². The number of nitrogens with zero attached hydrogens (tertiary/aromatic N) is 1. The van der Waals surface area contributed by atoms with Crippen LogP contribution in [0.15, 0.2) is 18.2 Å². The van der Waals surface area contributed by atoms with Gasteiger partial charge in [-0.15, -0.1) is 0 Å². The summed E-state index contributed by atoms with van der Waals surface area (Å²) in [4.78, 5) is 2.02. The Kier molecular flexibility index (Phi) is 4.73. The van der Waals surface area contributed by atoms with E-state index in [1.807, 2.05) is 45.0 Å². The highest BCUT2D eigenvalue weighted by Gasteiger charge is 2.12. The van der Waals surface area contributed by atoms with E-state index in [4.69, 9.17) is 10.6 Å². The molecule has 1 aromatic carbocycles. The first-order valence-electron chi connectivity index (χ1n) is 5.46. The van der Waals surface area contributed by atoms with Crippen molar-refractivity contribution in [2.45, 2.75) is 20.0 Å². The zero-order valence-corrected chi connectivity index (χ0v) is 10.4. The fraction of sp³-hybridized carbons (Fsp3) is 0.500. The molecule has 0 aliphatic heterocycles. The number of hydrogen-bond donors (Lipinski definition) is 2. The highest BCUT2D eigenvalue weighted by Crippen LogP contribution is 2.23. The topological polar surface area (TPSA) is 50.5 Å². The van der Waals surface area contributed by atoms with E-state index in [0.717, 1.165) is 16.9 Å². The maximum atomic E-state index is 5.53. The molecule has 4 nitrogen and oxygen atoms in total. The number of rotatable bonds is 5. The van der Waals surface area contributed by atoms with Crippen LogP contribution in [0.25, 0.3) is 0 Å². The second-order valence-electron chi connectivity index (χ2n) is 3.99. The molecule has 0 fully saturated rings. The van der Waals surface area contributed by atoms with Crippen LogP contribution in [-0.4, -0.2) is 25.6 Å². The molecule has 0 bridgehead atoms. The van der Waals surface area contributed by atoms with Crippen LogP contribution < -0.4 is 16.0 Å². The van der Waals surface area contributed by atoms with Gasteiger partial charge in [0.15, 0.2) is 0 Å². The van der Waals surface area contributed by atoms with Crippen LogP contribution >= 0.6 is 0 Å². The lowest BCUT2D eigenvalue weighted by atomic mass is 10.1. The van der Waals surface area contributed by atoms with Gasteiger partial charge >= 0.3 is 0 Å². The lowest BCUT2D eigenvalue weighted by molar-refractivity contribution is 0.252. The first-order chi connectivity index (χ1) is 7.60. The van der Waals surface area contributed by atoms with E-state index in [0.29, 0.717) is 6.61 Å². The van der Waals surface area contributed by atoms with Gasteiger partial charge in [-0.2, -0.15) is 0 Å². The zero-order chi connectivity index (χ0) is 12.1. The lowest BCUT2D eigenvalue weighted by Crippen LogP contribution is -2.37. The van der Waals surface area contributed by atoms with Crippen molar-refractivity contribution in [3.05, 3.63) is 29.3 Å². The molecule has 16 heavy (non-hydrogen) atoms. The molecule has 0 radical (unpaired) electrons. The van der Waals surface area contributed by atoms with Crippen LogP contribution in [0.5, 0.6) is 5.75 Å². The number of benzene rings is 1. The van der Waals surface area contributed by atoms with Crippen LogP contribution in [0, 0.1) is 6.92 Å². The third-order valence-electron chi connectivity index (χ3n) is 2.49. The number of nitrogens with one attached hydrogen (secondary N) is 1. The Morgan fingerprint density at radius 3 is 2.56 bits per heavy atom. The van der Waals surface area contributed by atoms with Crippen LogP contribution in [-0.2, 0) is 0 Å². The number of nitrogens with two attached hydrogens (primary N) is 1. The van der Waals surface area contributed by atoms with Gasteiger partial charge in [0.1, 0.15) is 5.75 Å². The van der Waals surface area contributed by atoms with E-state index >= 15 is 0 Å². The van der Waals surface area contributed by atoms with E-state index in [9.17, 15) is 0 Å². The highest BCUT2D eigenvalue weighted by atomic mass is 16.5. The Balaban J connectivity index is 2.95. The molecule has 1 aromatic rings. The van der Waals surface area contributed by atoms with Crippen molar-refractivity contribution in [3.8, 4) is 5.75 Å². The maximum absolute atomic E-state index is 5.53. The highest BCUT2D eigenvalue weighted by molar-refractivity contribution is 5.37. The molecule has 4 heteroatoms. The quantitative estimate of drug-likeness (QED) is 0.450. The molecule has 0 heterocycles. The second-order valence-corrected chi connectivity index (χ2v) is 3.99. The van der Waals surface area contributed by atoms with Gasteiger partial charge in [0.25, 0.3) is 0 Å². The van der Waals surface area contributed by atoms with Crippen molar-refractivity contribution in [3.63, 3.8) is 0 Å². The minimum atomic E-state index is 0.0226. The Hall–Kier alpha value is -1.10. The summed E-state index contributed by atoms with van der Waals surface area (Å²) >= 11 is 0. The Morgan fingerprint density at radius 1 is 1.44 bits per heavy atom. The van der Waals surface area contributed by atoms with Crippen LogP contribution in [0.3, 0.4) is 0 Å². The zero-order valence-electron chi connectivity index (χ0n) is 10.4. The minimum Gasteiger partial charge on any atom is -0.494 e. The van der Waals surface area contributed by atoms with Gasteiger partial charge in [-0.25, -0.2) is 5.43 Å². The van der Waals surface area contributed by atoms with E-state index < -0.39 is 0 Å². The summed E-state index contributed by atoms with van der Waals surface area (Å²) in [5.41, 5.74) is 5.04. The summed E-state index contributed by atoms with van der Waals surface area (Å²) in [6, 6.07) is 6.11. The first kappa shape index (κ1) is 13.0. The summed E-state index contributed by atoms with van der Waals surface area (Å²) in [6.07, 6.45) is 0.0226. The molecule has 3 N–H and O–H groups in total. The smallest absolute Gasteiger partial charge is 0.122 e. The largest absolute Gasteiger partial charge is 0.494 e. The fourth-order valence-electron chi connectivity index (χ4n) is 1.70. The molecular weight excluding hydrogens is 202 g/mol. The molecule has 90 valence electrons. The fourth-order valence-corrected chi connectivity index (χ4v) is 1.70. The third kappa shape index (κ3) is 2.95. The number of hydrazine groups is 1. The average Bonchev–Trinajstić information content (AvgIpc) is 2.22. The van der Waals surface area contributed by atoms with Gasteiger partial charge in [-0.3, -0.25) is 10.7 Å². The molecule has 0 amide bonds. The molecular formula is C12H21N3O. The summed E-state index contributed by atoms with van der Waals surface area (Å²) in [7, 11) is 3.96.